The van der Waals surface area contributed by atoms with Crippen LogP contribution in [0.25, 0.3) is 0 Å². The predicted molar refractivity (Wildman–Crippen MR) is 105 cm³/mol. The molecule has 2 aromatic rings. The lowest BCUT2D eigenvalue weighted by molar-refractivity contribution is -0.133. The summed E-state index contributed by atoms with van der Waals surface area (Å²) < 4.78 is 27.2. The van der Waals surface area contributed by atoms with Gasteiger partial charge in [-0.15, -0.1) is 23.7 Å². The number of carbonyl (C=O) groups is 1. The summed E-state index contributed by atoms with van der Waals surface area (Å²) >= 11 is 6.86. The first-order valence-electron chi connectivity index (χ1n) is 7.74. The fraction of sp³-hybridized carbons (Fsp3) is 0.312. The number of amides is 1. The average molecular weight is 436 g/mol. The monoisotopic (exact) mass is 435 g/mol. The van der Waals surface area contributed by atoms with E-state index in [4.69, 9.17) is 17.3 Å². The molecule has 1 saturated heterocycles. The number of rotatable bonds is 4. The van der Waals surface area contributed by atoms with E-state index in [1.165, 1.54) is 10.4 Å². The molecule has 1 atom stereocenters. The predicted octanol–water partition coefficient (Wildman–Crippen LogP) is 2.36. The maximum Gasteiger partial charge on any atom is 0.252 e. The fourth-order valence-electron chi connectivity index (χ4n) is 2.71. The number of sulfonamides is 1. The van der Waals surface area contributed by atoms with Gasteiger partial charge in [0.2, 0.25) is 5.91 Å². The van der Waals surface area contributed by atoms with Gasteiger partial charge in [0.1, 0.15) is 10.3 Å². The largest absolute Gasteiger partial charge is 0.338 e. The molecule has 1 amide bonds. The van der Waals surface area contributed by atoms with Gasteiger partial charge in [0, 0.05) is 26.2 Å². The summed E-state index contributed by atoms with van der Waals surface area (Å²) in [5.41, 5.74) is 6.79. The zero-order chi connectivity index (χ0) is 18.0. The van der Waals surface area contributed by atoms with Crippen LogP contribution >= 0.6 is 35.3 Å². The number of nitrogens with zero attached hydrogens (tertiary/aromatic N) is 2. The normalized spacial score (nSPS) is 16.8. The second-order valence-corrected chi connectivity index (χ2v) is 9.56. The Bertz CT molecular complexity index is 851. The van der Waals surface area contributed by atoms with Crippen LogP contribution in [0.2, 0.25) is 4.34 Å². The zero-order valence-electron chi connectivity index (χ0n) is 13.7. The molecule has 1 aliphatic heterocycles. The Kier molecular flexibility index (Phi) is 7.06. The highest BCUT2D eigenvalue weighted by Crippen LogP contribution is 2.28. The lowest BCUT2D eigenvalue weighted by Crippen LogP contribution is -2.52. The van der Waals surface area contributed by atoms with E-state index in [2.05, 4.69) is 0 Å². The highest BCUT2D eigenvalue weighted by molar-refractivity contribution is 7.91. The Labute approximate surface area is 168 Å². The minimum absolute atomic E-state index is 0. The molecule has 1 aromatic carbocycles. The zero-order valence-corrected chi connectivity index (χ0v) is 17.0. The van der Waals surface area contributed by atoms with E-state index in [-0.39, 0.29) is 35.6 Å². The SMILES string of the molecule is Cl.NC(C(=O)N1CCN(S(=O)(=O)c2ccc(Cl)s2)CC1)c1ccccc1. The van der Waals surface area contributed by atoms with Crippen molar-refractivity contribution in [3.8, 4) is 0 Å². The highest BCUT2D eigenvalue weighted by atomic mass is 35.5. The lowest BCUT2D eigenvalue weighted by atomic mass is 10.1. The molecule has 2 N–H and O–H groups in total. The van der Waals surface area contributed by atoms with Gasteiger partial charge in [-0.25, -0.2) is 8.42 Å². The summed E-state index contributed by atoms with van der Waals surface area (Å²) in [6.07, 6.45) is 0. The van der Waals surface area contributed by atoms with Crippen LogP contribution in [0.1, 0.15) is 11.6 Å². The van der Waals surface area contributed by atoms with E-state index < -0.39 is 16.1 Å². The standard InChI is InChI=1S/C16H18ClN3O3S2.ClH/c17-13-6-7-14(24-13)25(22,23)20-10-8-19(9-11-20)16(21)15(18)12-4-2-1-3-5-12;/h1-7,15H,8-11,18H2;1H. The van der Waals surface area contributed by atoms with Gasteiger partial charge in [-0.05, 0) is 17.7 Å². The summed E-state index contributed by atoms with van der Waals surface area (Å²) in [6, 6.07) is 11.5. The molecule has 1 aromatic heterocycles. The van der Waals surface area contributed by atoms with Crippen molar-refractivity contribution in [2.75, 3.05) is 26.2 Å². The van der Waals surface area contributed by atoms with Crippen molar-refractivity contribution in [3.63, 3.8) is 0 Å². The summed E-state index contributed by atoms with van der Waals surface area (Å²) in [6.45, 7) is 1.12. The van der Waals surface area contributed by atoms with Crippen LogP contribution in [0.5, 0.6) is 0 Å². The summed E-state index contributed by atoms with van der Waals surface area (Å²) in [4.78, 5) is 14.2. The molecular formula is C16H19Cl2N3O3S2. The molecular weight excluding hydrogens is 417 g/mol. The number of benzene rings is 1. The second kappa shape index (κ2) is 8.69. The van der Waals surface area contributed by atoms with Gasteiger partial charge in [0.15, 0.2) is 0 Å². The number of hydrogen-bond donors (Lipinski definition) is 1. The number of nitrogens with two attached hydrogens (primary N) is 1. The lowest BCUT2D eigenvalue weighted by Gasteiger charge is -2.35. The third-order valence-corrected chi connectivity index (χ3v) is 7.71. The molecule has 6 nitrogen and oxygen atoms in total. The smallest absolute Gasteiger partial charge is 0.252 e. The van der Waals surface area contributed by atoms with Crippen LogP contribution in [-0.2, 0) is 14.8 Å². The highest BCUT2D eigenvalue weighted by Gasteiger charge is 2.32. The first-order valence-corrected chi connectivity index (χ1v) is 10.4. The molecule has 26 heavy (non-hydrogen) atoms. The van der Waals surface area contributed by atoms with Crippen molar-refractivity contribution in [1.29, 1.82) is 0 Å². The second-order valence-electron chi connectivity index (χ2n) is 5.68. The Balaban J connectivity index is 0.00000243. The quantitative estimate of drug-likeness (QED) is 0.798. The summed E-state index contributed by atoms with van der Waals surface area (Å²) in [7, 11) is -3.56. The number of carbonyl (C=O) groups excluding carboxylic acids is 1. The molecule has 1 unspecified atom stereocenters. The van der Waals surface area contributed by atoms with Crippen molar-refractivity contribution in [2.24, 2.45) is 5.73 Å². The van der Waals surface area contributed by atoms with E-state index in [0.717, 1.165) is 16.9 Å². The maximum absolute atomic E-state index is 12.6. The Hall–Kier alpha value is -1.16. The third kappa shape index (κ3) is 4.39. The van der Waals surface area contributed by atoms with E-state index in [9.17, 15) is 13.2 Å². The maximum atomic E-state index is 12.6. The molecule has 1 fully saturated rings. The number of thiophene rings is 1. The van der Waals surface area contributed by atoms with E-state index in [0.29, 0.717) is 17.4 Å². The summed E-state index contributed by atoms with van der Waals surface area (Å²) in [5.74, 6) is -0.192. The topological polar surface area (TPSA) is 83.7 Å². The van der Waals surface area contributed by atoms with Crippen LogP contribution in [0.4, 0.5) is 0 Å². The van der Waals surface area contributed by atoms with Crippen LogP contribution in [0.15, 0.2) is 46.7 Å². The van der Waals surface area contributed by atoms with Gasteiger partial charge in [-0.1, -0.05) is 41.9 Å². The van der Waals surface area contributed by atoms with Crippen molar-refractivity contribution in [1.82, 2.24) is 9.21 Å². The van der Waals surface area contributed by atoms with Gasteiger partial charge in [0.05, 0.1) is 4.34 Å². The molecule has 0 bridgehead atoms. The minimum atomic E-state index is -3.56. The Morgan fingerprint density at radius 1 is 1.08 bits per heavy atom. The van der Waals surface area contributed by atoms with E-state index in [1.807, 2.05) is 30.3 Å². The first-order chi connectivity index (χ1) is 11.9. The minimum Gasteiger partial charge on any atom is -0.338 e. The van der Waals surface area contributed by atoms with Crippen LogP contribution in [-0.4, -0.2) is 49.7 Å². The molecule has 3 rings (SSSR count). The van der Waals surface area contributed by atoms with E-state index in [1.54, 1.807) is 11.0 Å². The molecule has 2 heterocycles. The van der Waals surface area contributed by atoms with Gasteiger partial charge in [0.25, 0.3) is 10.0 Å². The third-order valence-electron chi connectivity index (χ3n) is 4.12. The number of piperazine rings is 1. The Morgan fingerprint density at radius 2 is 1.69 bits per heavy atom. The van der Waals surface area contributed by atoms with Crippen molar-refractivity contribution >= 4 is 51.3 Å². The molecule has 0 spiro atoms. The first kappa shape index (κ1) is 21.1. The summed E-state index contributed by atoms with van der Waals surface area (Å²) in [5, 5.41) is 0. The molecule has 1 aliphatic rings. The molecule has 0 aliphatic carbocycles. The molecule has 0 radical (unpaired) electrons. The molecule has 10 heteroatoms. The van der Waals surface area contributed by atoms with Crippen LogP contribution < -0.4 is 5.73 Å². The van der Waals surface area contributed by atoms with Crippen LogP contribution in [0.3, 0.4) is 0 Å². The average Bonchev–Trinajstić information content (AvgIpc) is 3.08. The van der Waals surface area contributed by atoms with Gasteiger partial charge >= 0.3 is 0 Å². The van der Waals surface area contributed by atoms with Gasteiger partial charge < -0.3 is 10.6 Å². The fourth-order valence-corrected chi connectivity index (χ4v) is 5.77. The number of halogens is 2. The van der Waals surface area contributed by atoms with Crippen molar-refractivity contribution in [2.45, 2.75) is 10.3 Å². The van der Waals surface area contributed by atoms with Crippen molar-refractivity contribution < 1.29 is 13.2 Å². The van der Waals surface area contributed by atoms with E-state index >= 15 is 0 Å². The molecule has 0 saturated carbocycles. The number of hydrogen-bond acceptors (Lipinski definition) is 5. The van der Waals surface area contributed by atoms with Crippen LogP contribution in [0, 0.1) is 0 Å². The molecule has 142 valence electrons. The van der Waals surface area contributed by atoms with Gasteiger partial charge in [-0.3, -0.25) is 4.79 Å². The van der Waals surface area contributed by atoms with Crippen molar-refractivity contribution in [3.05, 3.63) is 52.4 Å². The van der Waals surface area contributed by atoms with Gasteiger partial charge in [-0.2, -0.15) is 4.31 Å². The Morgan fingerprint density at radius 3 is 2.23 bits per heavy atom.